The van der Waals surface area contributed by atoms with Gasteiger partial charge in [0.15, 0.2) is 0 Å². The molecule has 0 spiro atoms. The zero-order chi connectivity index (χ0) is 21.4. The number of benzene rings is 3. The van der Waals surface area contributed by atoms with E-state index in [-0.39, 0.29) is 40.2 Å². The Morgan fingerprint density at radius 2 is 1.27 bits per heavy atom. The highest BCUT2D eigenvalue weighted by atomic mass is 16.3. The Morgan fingerprint density at radius 1 is 0.667 bits per heavy atom. The van der Waals surface area contributed by atoms with Crippen LogP contribution in [0.15, 0.2) is 60.7 Å². The zero-order valence-corrected chi connectivity index (χ0v) is 15.5. The van der Waals surface area contributed by atoms with Crippen molar-refractivity contribution >= 4 is 11.4 Å². The lowest BCUT2D eigenvalue weighted by atomic mass is 10.0. The maximum absolute atomic E-state index is 10.3. The molecule has 9 nitrogen and oxygen atoms in total. The Kier molecular flexibility index (Phi) is 4.65. The Balaban J connectivity index is 1.81. The summed E-state index contributed by atoms with van der Waals surface area (Å²) in [6.45, 7) is 0. The zero-order valence-electron chi connectivity index (χ0n) is 15.5. The molecule has 1 aliphatic heterocycles. The number of hydrogen-bond acceptors (Lipinski definition) is 9. The number of nitrogens with zero attached hydrogens (tertiary/aromatic N) is 1. The summed E-state index contributed by atoms with van der Waals surface area (Å²) < 4.78 is 0. The summed E-state index contributed by atoms with van der Waals surface area (Å²) in [5.41, 5.74) is 7.54. The predicted octanol–water partition coefficient (Wildman–Crippen LogP) is 2.53. The minimum Gasteiger partial charge on any atom is -0.508 e. The van der Waals surface area contributed by atoms with Crippen LogP contribution < -0.4 is 16.0 Å². The van der Waals surface area contributed by atoms with Crippen LogP contribution in [0.1, 0.15) is 17.2 Å². The van der Waals surface area contributed by atoms with Crippen molar-refractivity contribution in [2.75, 3.05) is 5.12 Å². The van der Waals surface area contributed by atoms with E-state index in [4.69, 9.17) is 0 Å². The highest BCUT2D eigenvalue weighted by Crippen LogP contribution is 2.37. The van der Waals surface area contributed by atoms with Crippen molar-refractivity contribution in [1.82, 2.24) is 10.9 Å². The second-order valence-corrected chi connectivity index (χ2v) is 6.75. The van der Waals surface area contributed by atoms with E-state index in [2.05, 4.69) is 10.9 Å². The van der Waals surface area contributed by atoms with E-state index < -0.39 is 6.04 Å². The quantitative estimate of drug-likeness (QED) is 0.327. The first-order chi connectivity index (χ1) is 14.3. The lowest BCUT2D eigenvalue weighted by Crippen LogP contribution is -2.52. The van der Waals surface area contributed by atoms with Gasteiger partial charge >= 0.3 is 0 Å². The van der Waals surface area contributed by atoms with Crippen LogP contribution in [0, 0.1) is 0 Å². The number of nitrogens with one attached hydrogen (secondary N) is 2. The summed E-state index contributed by atoms with van der Waals surface area (Å²) in [6, 6.07) is 11.7. The topological polar surface area (TPSA) is 149 Å². The summed E-state index contributed by atoms with van der Waals surface area (Å²) in [5, 5.41) is 61.0. The van der Waals surface area contributed by atoms with Crippen LogP contribution in [0.5, 0.6) is 34.5 Å². The average molecular weight is 409 g/mol. The molecule has 3 aromatic rings. The first-order valence-corrected chi connectivity index (χ1v) is 8.93. The van der Waals surface area contributed by atoms with E-state index in [9.17, 15) is 30.6 Å². The molecule has 154 valence electrons. The fraction of sp³-hybridized carbons (Fsp3) is 0.0476. The highest BCUT2D eigenvalue weighted by molar-refractivity contribution is 5.74. The molecular weight excluding hydrogens is 390 g/mol. The summed E-state index contributed by atoms with van der Waals surface area (Å²) in [5.74, 6) is -0.882. The van der Waals surface area contributed by atoms with Gasteiger partial charge in [0.05, 0.1) is 11.7 Å². The summed E-state index contributed by atoms with van der Waals surface area (Å²) in [4.78, 5) is 0. The third kappa shape index (κ3) is 3.56. The van der Waals surface area contributed by atoms with E-state index in [1.807, 2.05) is 0 Å². The monoisotopic (exact) mass is 409 g/mol. The Labute approximate surface area is 171 Å². The van der Waals surface area contributed by atoms with Crippen molar-refractivity contribution in [1.29, 1.82) is 0 Å². The van der Waals surface area contributed by atoms with E-state index in [1.165, 1.54) is 59.7 Å². The van der Waals surface area contributed by atoms with Crippen LogP contribution in [0.4, 0.5) is 5.69 Å². The molecule has 3 aromatic carbocycles. The molecule has 4 rings (SSSR count). The number of hydrazine groups is 2. The van der Waals surface area contributed by atoms with Gasteiger partial charge in [-0.05, 0) is 42.5 Å². The van der Waals surface area contributed by atoms with Gasteiger partial charge < -0.3 is 30.6 Å². The second kappa shape index (κ2) is 7.30. The van der Waals surface area contributed by atoms with Gasteiger partial charge in [0.25, 0.3) is 0 Å². The number of phenols is 6. The smallest absolute Gasteiger partial charge is 0.146 e. The molecule has 0 saturated carbocycles. The van der Waals surface area contributed by atoms with Crippen LogP contribution in [-0.4, -0.2) is 30.6 Å². The van der Waals surface area contributed by atoms with Crippen molar-refractivity contribution in [3.63, 3.8) is 0 Å². The molecule has 0 bridgehead atoms. The maximum Gasteiger partial charge on any atom is 0.146 e. The Bertz CT molecular complexity index is 1150. The second-order valence-electron chi connectivity index (χ2n) is 6.75. The van der Waals surface area contributed by atoms with Crippen molar-refractivity contribution in [2.45, 2.75) is 6.04 Å². The predicted molar refractivity (Wildman–Crippen MR) is 109 cm³/mol. The molecule has 0 aliphatic carbocycles. The van der Waals surface area contributed by atoms with Gasteiger partial charge in [-0.1, -0.05) is 0 Å². The minimum absolute atomic E-state index is 0.0985. The molecule has 0 fully saturated rings. The van der Waals surface area contributed by atoms with E-state index in [1.54, 1.807) is 6.08 Å². The molecule has 0 radical (unpaired) electrons. The summed E-state index contributed by atoms with van der Waals surface area (Å²) >= 11 is 0. The molecule has 1 aliphatic rings. The van der Waals surface area contributed by atoms with Gasteiger partial charge in [0, 0.05) is 29.3 Å². The largest absolute Gasteiger partial charge is 0.508 e. The fourth-order valence-corrected chi connectivity index (χ4v) is 3.22. The van der Waals surface area contributed by atoms with Crippen molar-refractivity contribution in [2.24, 2.45) is 0 Å². The van der Waals surface area contributed by atoms with Crippen LogP contribution in [-0.2, 0) is 0 Å². The molecule has 0 aromatic heterocycles. The number of rotatable bonds is 3. The van der Waals surface area contributed by atoms with E-state index in [0.29, 0.717) is 16.8 Å². The maximum atomic E-state index is 10.3. The van der Waals surface area contributed by atoms with Crippen molar-refractivity contribution in [3.8, 4) is 34.5 Å². The number of aromatic hydroxyl groups is 6. The molecule has 1 heterocycles. The minimum atomic E-state index is -0.636. The SMILES string of the molecule is Oc1ccc(C2=CC(c3ccc(O)cc3O)NN(c3ccc(O)cc3O)N2)c(O)c1. The van der Waals surface area contributed by atoms with E-state index >= 15 is 0 Å². The lowest BCUT2D eigenvalue weighted by molar-refractivity contribution is 0.428. The highest BCUT2D eigenvalue weighted by Gasteiger charge is 2.26. The van der Waals surface area contributed by atoms with Gasteiger partial charge in [-0.3, -0.25) is 5.43 Å². The van der Waals surface area contributed by atoms with Crippen LogP contribution in [0.25, 0.3) is 5.70 Å². The fourth-order valence-electron chi connectivity index (χ4n) is 3.22. The molecule has 0 saturated heterocycles. The lowest BCUT2D eigenvalue weighted by Gasteiger charge is -2.36. The molecular formula is C21H19N3O6. The first-order valence-electron chi connectivity index (χ1n) is 8.93. The Morgan fingerprint density at radius 3 is 1.90 bits per heavy atom. The van der Waals surface area contributed by atoms with Crippen LogP contribution in [0.2, 0.25) is 0 Å². The van der Waals surface area contributed by atoms with Gasteiger partial charge in [-0.15, -0.1) is 0 Å². The molecule has 8 N–H and O–H groups in total. The summed E-state index contributed by atoms with van der Waals surface area (Å²) in [7, 11) is 0. The van der Waals surface area contributed by atoms with Crippen molar-refractivity contribution in [3.05, 3.63) is 71.8 Å². The third-order valence-corrected chi connectivity index (χ3v) is 4.65. The molecule has 0 amide bonds. The molecule has 30 heavy (non-hydrogen) atoms. The summed E-state index contributed by atoms with van der Waals surface area (Å²) in [6.07, 6.45) is 1.69. The van der Waals surface area contributed by atoms with Crippen molar-refractivity contribution < 1.29 is 30.6 Å². The molecule has 9 heteroatoms. The standard InChI is InChI=1S/C21H19N3O6/c25-11-1-4-14(19(28)7-11)16-10-17(15-5-2-12(26)8-20(15)29)23-24(22-16)18-6-3-13(27)9-21(18)30/h1-10,16,22-23,25-30H. The van der Waals surface area contributed by atoms with Gasteiger partial charge in [-0.2, -0.15) is 0 Å². The normalized spacial score (nSPS) is 16.1. The average Bonchev–Trinajstić information content (AvgIpc) is 2.67. The van der Waals surface area contributed by atoms with Gasteiger partial charge in [0.2, 0.25) is 0 Å². The molecule has 1 unspecified atom stereocenters. The van der Waals surface area contributed by atoms with E-state index in [0.717, 1.165) is 0 Å². The Hall–Kier alpha value is -4.24. The number of phenolic OH excluding ortho intramolecular Hbond substituents is 6. The van der Waals surface area contributed by atoms with Gasteiger partial charge in [-0.25, -0.2) is 10.5 Å². The first kappa shape index (κ1) is 19.1. The molecule has 1 atom stereocenters. The third-order valence-electron chi connectivity index (χ3n) is 4.65. The number of anilines is 1. The van der Waals surface area contributed by atoms with Crippen LogP contribution in [0.3, 0.4) is 0 Å². The van der Waals surface area contributed by atoms with Crippen LogP contribution >= 0.6 is 0 Å². The van der Waals surface area contributed by atoms with Gasteiger partial charge in [0.1, 0.15) is 40.2 Å². The number of hydrogen-bond donors (Lipinski definition) is 8.